The summed E-state index contributed by atoms with van der Waals surface area (Å²) in [6.45, 7) is 1.95. The molecule has 0 unspecified atom stereocenters. The molecule has 1 aromatic heterocycles. The van der Waals surface area contributed by atoms with Gasteiger partial charge >= 0.3 is 0 Å². The Hall–Kier alpha value is -1.62. The number of anilines is 1. The molecule has 1 aliphatic rings. The van der Waals surface area contributed by atoms with E-state index in [1.807, 2.05) is 25.2 Å². The quantitative estimate of drug-likeness (QED) is 0.718. The summed E-state index contributed by atoms with van der Waals surface area (Å²) in [4.78, 5) is 6.73. The molecule has 1 aliphatic heterocycles. The van der Waals surface area contributed by atoms with Gasteiger partial charge in [0.25, 0.3) is 0 Å². The van der Waals surface area contributed by atoms with Crippen molar-refractivity contribution in [1.29, 1.82) is 0 Å². The minimum absolute atomic E-state index is 0.737. The lowest BCUT2D eigenvalue weighted by molar-refractivity contribution is 0.609. The molecule has 0 amide bonds. The first-order valence-electron chi connectivity index (χ1n) is 5.76. The van der Waals surface area contributed by atoms with Crippen molar-refractivity contribution < 1.29 is 0 Å². The summed E-state index contributed by atoms with van der Waals surface area (Å²) in [5, 5.41) is 3.76. The van der Waals surface area contributed by atoms with E-state index in [-0.39, 0.29) is 0 Å². The molecular formula is C12H14N4S. The number of hydrogen-bond donors (Lipinski definition) is 1. The monoisotopic (exact) mass is 246 g/mol. The molecule has 0 fully saturated rings. The van der Waals surface area contributed by atoms with Gasteiger partial charge in [0.2, 0.25) is 5.95 Å². The molecule has 88 valence electrons. The molecule has 3 rings (SSSR count). The predicted octanol–water partition coefficient (Wildman–Crippen LogP) is 1.75. The fraction of sp³-hybridized carbons (Fsp3) is 0.333. The van der Waals surface area contributed by atoms with Crippen LogP contribution in [-0.2, 0) is 6.54 Å². The minimum Gasteiger partial charge on any atom is -0.365 e. The van der Waals surface area contributed by atoms with E-state index in [4.69, 9.17) is 12.2 Å². The zero-order valence-electron chi connectivity index (χ0n) is 9.68. The number of hydrogen-bond acceptors (Lipinski definition) is 2. The van der Waals surface area contributed by atoms with Crippen LogP contribution in [0.3, 0.4) is 0 Å². The molecule has 0 bridgehead atoms. The highest BCUT2D eigenvalue weighted by molar-refractivity contribution is 7.80. The average molecular weight is 246 g/mol. The molecule has 4 nitrogen and oxygen atoms in total. The van der Waals surface area contributed by atoms with E-state index in [0.29, 0.717) is 0 Å². The number of para-hydroxylation sites is 2. The van der Waals surface area contributed by atoms with E-state index in [1.54, 1.807) is 0 Å². The summed E-state index contributed by atoms with van der Waals surface area (Å²) in [6.07, 6.45) is 1.09. The summed E-state index contributed by atoms with van der Waals surface area (Å²) in [7, 11) is 1.85. The van der Waals surface area contributed by atoms with Crippen molar-refractivity contribution in [2.45, 2.75) is 13.0 Å². The van der Waals surface area contributed by atoms with Gasteiger partial charge in [-0.15, -0.1) is 0 Å². The van der Waals surface area contributed by atoms with Crippen molar-refractivity contribution in [2.75, 3.05) is 18.5 Å². The van der Waals surface area contributed by atoms with E-state index in [1.165, 1.54) is 5.52 Å². The second kappa shape index (κ2) is 4.00. The van der Waals surface area contributed by atoms with Gasteiger partial charge in [-0.3, -0.25) is 4.90 Å². The maximum atomic E-state index is 5.32. The van der Waals surface area contributed by atoms with Crippen molar-refractivity contribution in [3.05, 3.63) is 24.3 Å². The molecule has 1 N–H and O–H groups in total. The van der Waals surface area contributed by atoms with Crippen molar-refractivity contribution in [2.24, 2.45) is 0 Å². The molecule has 17 heavy (non-hydrogen) atoms. The summed E-state index contributed by atoms with van der Waals surface area (Å²) in [5.41, 5.74) is 2.22. The summed E-state index contributed by atoms with van der Waals surface area (Å²) in [5.74, 6) is 0.955. The second-order valence-electron chi connectivity index (χ2n) is 4.11. The first-order chi connectivity index (χ1) is 8.31. The van der Waals surface area contributed by atoms with Gasteiger partial charge in [-0.2, -0.15) is 0 Å². The van der Waals surface area contributed by atoms with Gasteiger partial charge in [0.05, 0.1) is 11.0 Å². The molecule has 2 aromatic rings. The zero-order valence-corrected chi connectivity index (χ0v) is 10.5. The summed E-state index contributed by atoms with van der Waals surface area (Å²) < 4.78 is 2.24. The Bertz CT molecular complexity index is 575. The number of aromatic nitrogens is 2. The van der Waals surface area contributed by atoms with Gasteiger partial charge in [-0.1, -0.05) is 12.1 Å². The summed E-state index contributed by atoms with van der Waals surface area (Å²) in [6, 6.07) is 8.22. The van der Waals surface area contributed by atoms with Gasteiger partial charge in [-0.05, 0) is 30.8 Å². The molecule has 0 atom stereocenters. The fourth-order valence-electron chi connectivity index (χ4n) is 2.30. The van der Waals surface area contributed by atoms with E-state index < -0.39 is 0 Å². The number of fused-ring (bicyclic) bond motifs is 3. The Balaban J connectivity index is 2.17. The lowest BCUT2D eigenvalue weighted by Crippen LogP contribution is -2.42. The maximum Gasteiger partial charge on any atom is 0.212 e. The van der Waals surface area contributed by atoms with Crippen molar-refractivity contribution in [3.63, 3.8) is 0 Å². The van der Waals surface area contributed by atoms with Crippen LogP contribution < -0.4 is 10.2 Å². The zero-order chi connectivity index (χ0) is 11.8. The molecule has 0 spiro atoms. The van der Waals surface area contributed by atoms with Gasteiger partial charge in [0, 0.05) is 20.1 Å². The van der Waals surface area contributed by atoms with E-state index in [2.05, 4.69) is 25.8 Å². The molecular weight excluding hydrogens is 232 g/mol. The van der Waals surface area contributed by atoms with Gasteiger partial charge < -0.3 is 9.88 Å². The van der Waals surface area contributed by atoms with Gasteiger partial charge in [0.15, 0.2) is 5.11 Å². The van der Waals surface area contributed by atoms with E-state index in [9.17, 15) is 0 Å². The third kappa shape index (κ3) is 1.58. The molecule has 2 heterocycles. The van der Waals surface area contributed by atoms with Gasteiger partial charge in [0.1, 0.15) is 0 Å². The number of benzene rings is 1. The topological polar surface area (TPSA) is 33.1 Å². The Kier molecular flexibility index (Phi) is 2.48. The second-order valence-corrected chi connectivity index (χ2v) is 4.50. The number of imidazole rings is 1. The van der Waals surface area contributed by atoms with Crippen LogP contribution in [0.1, 0.15) is 6.42 Å². The van der Waals surface area contributed by atoms with Crippen LogP contribution in [0.5, 0.6) is 0 Å². The van der Waals surface area contributed by atoms with Crippen LogP contribution in [0.2, 0.25) is 0 Å². The maximum absolute atomic E-state index is 5.32. The highest BCUT2D eigenvalue weighted by atomic mass is 32.1. The van der Waals surface area contributed by atoms with Crippen molar-refractivity contribution >= 4 is 34.3 Å². The third-order valence-corrected chi connectivity index (χ3v) is 3.52. The molecule has 5 heteroatoms. The molecule has 0 aliphatic carbocycles. The lowest BCUT2D eigenvalue weighted by Gasteiger charge is -2.28. The number of rotatable bonds is 0. The third-order valence-electron chi connectivity index (χ3n) is 3.10. The predicted molar refractivity (Wildman–Crippen MR) is 73.4 cm³/mol. The number of nitrogens with zero attached hydrogens (tertiary/aromatic N) is 3. The van der Waals surface area contributed by atoms with Crippen molar-refractivity contribution in [3.8, 4) is 0 Å². The van der Waals surface area contributed by atoms with E-state index in [0.717, 1.165) is 36.1 Å². The Morgan fingerprint density at radius 1 is 1.35 bits per heavy atom. The van der Waals surface area contributed by atoms with Crippen LogP contribution in [0.25, 0.3) is 11.0 Å². The van der Waals surface area contributed by atoms with Crippen molar-refractivity contribution in [1.82, 2.24) is 14.9 Å². The Morgan fingerprint density at radius 3 is 3.00 bits per heavy atom. The number of nitrogens with one attached hydrogen (secondary N) is 1. The fourth-order valence-corrected chi connectivity index (χ4v) is 2.48. The first kappa shape index (κ1) is 10.5. The smallest absolute Gasteiger partial charge is 0.212 e. The molecule has 0 saturated carbocycles. The van der Waals surface area contributed by atoms with Crippen LogP contribution in [0.4, 0.5) is 5.95 Å². The number of thiocarbonyl (C=S) groups is 1. The van der Waals surface area contributed by atoms with E-state index >= 15 is 0 Å². The first-order valence-corrected chi connectivity index (χ1v) is 6.16. The molecule has 0 radical (unpaired) electrons. The SMILES string of the molecule is CNC(=S)N1CCCn2c1nc1ccccc12. The van der Waals surface area contributed by atoms with Gasteiger partial charge in [-0.25, -0.2) is 4.98 Å². The highest BCUT2D eigenvalue weighted by Gasteiger charge is 2.23. The Labute approximate surface area is 105 Å². The molecule has 0 saturated heterocycles. The average Bonchev–Trinajstić information content (AvgIpc) is 2.76. The van der Waals surface area contributed by atoms with Crippen LogP contribution in [-0.4, -0.2) is 28.3 Å². The molecule has 1 aromatic carbocycles. The van der Waals surface area contributed by atoms with Crippen LogP contribution in [0, 0.1) is 0 Å². The normalized spacial score (nSPS) is 14.8. The van der Waals surface area contributed by atoms with Crippen LogP contribution >= 0.6 is 12.2 Å². The standard InChI is InChI=1S/C12H14N4S/c1-13-12(17)16-8-4-7-15-10-6-3-2-5-9(10)14-11(15)16/h2-3,5-6H,4,7-8H2,1H3,(H,13,17). The Morgan fingerprint density at radius 2 is 2.18 bits per heavy atom. The largest absolute Gasteiger partial charge is 0.365 e. The minimum atomic E-state index is 0.737. The highest BCUT2D eigenvalue weighted by Crippen LogP contribution is 2.26. The lowest BCUT2D eigenvalue weighted by atomic mass is 10.3. The summed E-state index contributed by atoms with van der Waals surface area (Å²) >= 11 is 5.32. The van der Waals surface area contributed by atoms with Crippen LogP contribution in [0.15, 0.2) is 24.3 Å². The number of aryl methyl sites for hydroxylation is 1.